The summed E-state index contributed by atoms with van der Waals surface area (Å²) < 4.78 is 11.2. The van der Waals surface area contributed by atoms with E-state index in [0.29, 0.717) is 37.3 Å². The van der Waals surface area contributed by atoms with Crippen LogP contribution < -0.4 is 15.4 Å². The third-order valence-electron chi connectivity index (χ3n) is 3.79. The van der Waals surface area contributed by atoms with Gasteiger partial charge in [-0.3, -0.25) is 0 Å². The topological polar surface area (TPSA) is 91.9 Å². The highest BCUT2D eigenvalue weighted by Gasteiger charge is 2.19. The number of phenols is 1. The van der Waals surface area contributed by atoms with Gasteiger partial charge in [-0.2, -0.15) is 0 Å². The number of hydrogen-bond donors (Lipinski definition) is 3. The summed E-state index contributed by atoms with van der Waals surface area (Å²) in [6.07, 6.45) is 1.77. The van der Waals surface area contributed by atoms with Crippen molar-refractivity contribution in [2.45, 2.75) is 53.1 Å². The largest absolute Gasteiger partial charge is 0.504 e. The molecule has 0 amide bonds. The van der Waals surface area contributed by atoms with Gasteiger partial charge in [-0.05, 0) is 31.5 Å². The van der Waals surface area contributed by atoms with Gasteiger partial charge in [0.15, 0.2) is 17.5 Å². The maximum Gasteiger partial charge on any atom is 0.213 e. The quantitative estimate of drug-likeness (QED) is 0.509. The summed E-state index contributed by atoms with van der Waals surface area (Å²) in [5, 5.41) is 16.2. The molecule has 27 heavy (non-hydrogen) atoms. The van der Waals surface area contributed by atoms with Crippen LogP contribution in [0.1, 0.15) is 51.8 Å². The van der Waals surface area contributed by atoms with Crippen LogP contribution in [0.4, 0.5) is 0 Å². The number of aliphatic imine (C=N–C) groups is 1. The zero-order chi connectivity index (χ0) is 19.9. The van der Waals surface area contributed by atoms with Crippen LogP contribution in [-0.2, 0) is 18.5 Å². The van der Waals surface area contributed by atoms with Gasteiger partial charge in [0.1, 0.15) is 5.76 Å². The lowest BCUT2D eigenvalue weighted by atomic mass is 9.94. The van der Waals surface area contributed by atoms with Gasteiger partial charge in [0.2, 0.25) is 5.89 Å². The first kappa shape index (κ1) is 20.6. The van der Waals surface area contributed by atoms with E-state index in [1.807, 2.05) is 19.9 Å². The Morgan fingerprint density at radius 1 is 1.26 bits per heavy atom. The molecule has 0 aliphatic heterocycles. The smallest absolute Gasteiger partial charge is 0.213 e. The molecule has 1 aromatic heterocycles. The molecule has 0 bridgehead atoms. The summed E-state index contributed by atoms with van der Waals surface area (Å²) in [6.45, 7) is 12.3. The maximum absolute atomic E-state index is 9.79. The number of nitrogens with zero attached hydrogens (tertiary/aromatic N) is 2. The minimum Gasteiger partial charge on any atom is -0.504 e. The van der Waals surface area contributed by atoms with Crippen LogP contribution in [0, 0.1) is 0 Å². The van der Waals surface area contributed by atoms with Gasteiger partial charge in [0.05, 0.1) is 25.9 Å². The fourth-order valence-corrected chi connectivity index (χ4v) is 2.34. The number of rotatable bonds is 7. The van der Waals surface area contributed by atoms with Crippen molar-refractivity contribution in [1.82, 2.24) is 15.6 Å². The summed E-state index contributed by atoms with van der Waals surface area (Å²) in [5.74, 6) is 2.74. The van der Waals surface area contributed by atoms with Crippen molar-refractivity contribution in [2.24, 2.45) is 4.99 Å². The van der Waals surface area contributed by atoms with E-state index in [0.717, 1.165) is 17.9 Å². The van der Waals surface area contributed by atoms with Crippen LogP contribution >= 0.6 is 0 Å². The van der Waals surface area contributed by atoms with E-state index in [1.54, 1.807) is 18.3 Å². The number of phenolic OH excluding ortho intramolecular Hbond substituents is 1. The van der Waals surface area contributed by atoms with Crippen molar-refractivity contribution in [3.63, 3.8) is 0 Å². The normalized spacial score (nSPS) is 12.1. The van der Waals surface area contributed by atoms with E-state index in [9.17, 15) is 5.11 Å². The van der Waals surface area contributed by atoms with Gasteiger partial charge in [0, 0.05) is 12.0 Å². The van der Waals surface area contributed by atoms with Gasteiger partial charge in [0.25, 0.3) is 0 Å². The average Bonchev–Trinajstić information content (AvgIpc) is 3.09. The summed E-state index contributed by atoms with van der Waals surface area (Å²) >= 11 is 0. The first-order chi connectivity index (χ1) is 12.8. The number of nitrogens with one attached hydrogen (secondary N) is 2. The molecule has 0 aliphatic carbocycles. The highest BCUT2D eigenvalue weighted by molar-refractivity contribution is 5.79. The number of benzene rings is 1. The second-order valence-corrected chi connectivity index (χ2v) is 7.15. The summed E-state index contributed by atoms with van der Waals surface area (Å²) in [5.41, 5.74) is 0.876. The molecule has 1 heterocycles. The van der Waals surface area contributed by atoms with Crippen LogP contribution in [0.5, 0.6) is 11.5 Å². The fraction of sp³-hybridized carbons (Fsp3) is 0.500. The predicted octanol–water partition coefficient (Wildman–Crippen LogP) is 3.33. The fourth-order valence-electron chi connectivity index (χ4n) is 2.34. The van der Waals surface area contributed by atoms with Gasteiger partial charge < -0.3 is 24.9 Å². The van der Waals surface area contributed by atoms with Crippen molar-refractivity contribution in [3.8, 4) is 11.5 Å². The summed E-state index contributed by atoms with van der Waals surface area (Å²) in [4.78, 5) is 8.89. The van der Waals surface area contributed by atoms with Crippen LogP contribution in [0.15, 0.2) is 33.8 Å². The van der Waals surface area contributed by atoms with E-state index in [2.05, 4.69) is 41.4 Å². The molecular formula is C20H30N4O3. The third kappa shape index (κ3) is 6.20. The molecule has 7 heteroatoms. The lowest BCUT2D eigenvalue weighted by molar-refractivity contribution is 0.318. The van der Waals surface area contributed by atoms with Crippen LogP contribution in [0.3, 0.4) is 0 Å². The molecule has 0 saturated heterocycles. The molecule has 0 saturated carbocycles. The highest BCUT2D eigenvalue weighted by atomic mass is 16.5. The zero-order valence-electron chi connectivity index (χ0n) is 16.8. The molecule has 2 aromatic rings. The number of guanidine groups is 1. The van der Waals surface area contributed by atoms with Crippen molar-refractivity contribution >= 4 is 5.96 Å². The number of aromatic hydroxyl groups is 1. The molecule has 0 spiro atoms. The average molecular weight is 374 g/mol. The Kier molecular flexibility index (Phi) is 7.10. The highest BCUT2D eigenvalue weighted by Crippen LogP contribution is 2.27. The van der Waals surface area contributed by atoms with E-state index >= 15 is 0 Å². The van der Waals surface area contributed by atoms with E-state index in [1.165, 1.54) is 0 Å². The maximum atomic E-state index is 9.79. The Morgan fingerprint density at radius 3 is 2.67 bits per heavy atom. The second kappa shape index (κ2) is 9.30. The van der Waals surface area contributed by atoms with Crippen molar-refractivity contribution < 1.29 is 14.3 Å². The van der Waals surface area contributed by atoms with Gasteiger partial charge in [-0.1, -0.05) is 26.8 Å². The van der Waals surface area contributed by atoms with E-state index < -0.39 is 0 Å². The molecule has 0 fully saturated rings. The molecule has 0 radical (unpaired) electrons. The SMILES string of the molecule is CCNC(=NCc1ccc(O)c(OCC)c1)NCc1ncc(C(C)(C)C)o1. The van der Waals surface area contributed by atoms with E-state index in [4.69, 9.17) is 9.15 Å². The number of aromatic nitrogens is 1. The lowest BCUT2D eigenvalue weighted by Crippen LogP contribution is -2.36. The van der Waals surface area contributed by atoms with Crippen LogP contribution in [-0.4, -0.2) is 29.2 Å². The molecule has 0 unspecified atom stereocenters. The number of hydrogen-bond acceptors (Lipinski definition) is 5. The Hall–Kier alpha value is -2.70. The molecule has 148 valence electrons. The summed E-state index contributed by atoms with van der Waals surface area (Å²) in [6, 6.07) is 5.25. The molecule has 1 aromatic carbocycles. The van der Waals surface area contributed by atoms with Gasteiger partial charge >= 0.3 is 0 Å². The molecule has 0 atom stereocenters. The Labute approximate surface area is 160 Å². The lowest BCUT2D eigenvalue weighted by Gasteiger charge is -2.13. The Bertz CT molecular complexity index is 763. The van der Waals surface area contributed by atoms with Gasteiger partial charge in [-0.25, -0.2) is 9.98 Å². The molecule has 2 rings (SSSR count). The van der Waals surface area contributed by atoms with Gasteiger partial charge in [-0.15, -0.1) is 0 Å². The summed E-state index contributed by atoms with van der Waals surface area (Å²) in [7, 11) is 0. The first-order valence-corrected chi connectivity index (χ1v) is 9.25. The predicted molar refractivity (Wildman–Crippen MR) is 106 cm³/mol. The molecule has 0 aliphatic rings. The standard InChI is InChI=1S/C20H30N4O3/c1-6-21-19(24-13-18-22-12-17(27-18)20(3,4)5)23-11-14-8-9-15(25)16(10-14)26-7-2/h8-10,12,25H,6-7,11,13H2,1-5H3,(H2,21,23,24). The molecule has 3 N–H and O–H groups in total. The van der Waals surface area contributed by atoms with Crippen molar-refractivity contribution in [3.05, 3.63) is 41.6 Å². The Morgan fingerprint density at radius 2 is 2.04 bits per heavy atom. The molecule has 7 nitrogen and oxygen atoms in total. The van der Waals surface area contributed by atoms with E-state index in [-0.39, 0.29) is 11.2 Å². The minimum atomic E-state index is -0.0685. The molecular weight excluding hydrogens is 344 g/mol. The first-order valence-electron chi connectivity index (χ1n) is 9.25. The van der Waals surface area contributed by atoms with Crippen molar-refractivity contribution in [2.75, 3.05) is 13.2 Å². The van der Waals surface area contributed by atoms with Crippen molar-refractivity contribution in [1.29, 1.82) is 0 Å². The zero-order valence-corrected chi connectivity index (χ0v) is 16.8. The van der Waals surface area contributed by atoms with Crippen LogP contribution in [0.25, 0.3) is 0 Å². The van der Waals surface area contributed by atoms with Crippen LogP contribution in [0.2, 0.25) is 0 Å². The second-order valence-electron chi connectivity index (χ2n) is 7.15. The Balaban J connectivity index is 2.02. The monoisotopic (exact) mass is 374 g/mol. The minimum absolute atomic E-state index is 0.0685. The number of ether oxygens (including phenoxy) is 1. The number of oxazole rings is 1. The third-order valence-corrected chi connectivity index (χ3v) is 3.79.